The van der Waals surface area contributed by atoms with Gasteiger partial charge in [0, 0.05) is 33.5 Å². The first-order valence-electron chi connectivity index (χ1n) is 23.3. The van der Waals surface area contributed by atoms with Gasteiger partial charge in [-0.3, -0.25) is 0 Å². The van der Waals surface area contributed by atoms with Crippen LogP contribution in [0, 0.1) is 0 Å². The Morgan fingerprint density at radius 1 is 0.403 bits per heavy atom. The molecule has 0 N–H and O–H groups in total. The summed E-state index contributed by atoms with van der Waals surface area (Å²) in [6.45, 7) is 0. The molecule has 2 atom stereocenters. The fourth-order valence-electron chi connectivity index (χ4n) is 11.5. The van der Waals surface area contributed by atoms with Crippen molar-refractivity contribution in [1.82, 2.24) is 0 Å². The van der Waals surface area contributed by atoms with Gasteiger partial charge in [0.1, 0.15) is 11.2 Å². The van der Waals surface area contributed by atoms with Crippen LogP contribution in [0.5, 0.6) is 0 Å². The van der Waals surface area contributed by atoms with Gasteiger partial charge in [-0.15, -0.1) is 0 Å². The number of fused-ring (bicyclic) bond motifs is 7. The van der Waals surface area contributed by atoms with Gasteiger partial charge >= 0.3 is 0 Å². The van der Waals surface area contributed by atoms with Crippen molar-refractivity contribution in [3.63, 3.8) is 0 Å². The molecule has 0 saturated heterocycles. The number of rotatable bonds is 8. The number of benzene rings is 10. The van der Waals surface area contributed by atoms with Crippen LogP contribution in [0.4, 0.5) is 11.4 Å². The van der Waals surface area contributed by atoms with Crippen molar-refractivity contribution in [3.05, 3.63) is 289 Å². The average Bonchev–Trinajstić information content (AvgIpc) is 3.93. The van der Waals surface area contributed by atoms with Gasteiger partial charge in [0.05, 0.1) is 17.1 Å². The van der Waals surface area contributed by atoms with E-state index in [0.29, 0.717) is 0 Å². The molecule has 2 aliphatic rings. The molecule has 10 aromatic carbocycles. The summed E-state index contributed by atoms with van der Waals surface area (Å²) in [5, 5.41) is 4.72. The standard InChI is InChI=1S/C65H45NO/c1-4-20-45(21-5-1)52-40-38-46(51-32-18-23-44-22-10-11-28-50(44)51)42-62(52)66(61-36-16-13-30-55(61)57-33-19-34-58-56-31-14-17-37-63(56)67-64(57)58)49-39-41-54-53-29-12-15-35-59(53)65(60(54)43-49,47-24-6-2-7-25-47)48-26-8-3-9-27-48/h1-43,55,61H. The summed E-state index contributed by atoms with van der Waals surface area (Å²) < 4.78 is 6.83. The van der Waals surface area contributed by atoms with Crippen LogP contribution < -0.4 is 4.90 Å². The molecule has 2 unspecified atom stereocenters. The highest BCUT2D eigenvalue weighted by atomic mass is 16.3. The van der Waals surface area contributed by atoms with E-state index in [1.807, 2.05) is 0 Å². The Labute approximate surface area is 391 Å². The van der Waals surface area contributed by atoms with Crippen molar-refractivity contribution in [2.45, 2.75) is 17.4 Å². The van der Waals surface area contributed by atoms with Crippen molar-refractivity contribution < 1.29 is 4.42 Å². The van der Waals surface area contributed by atoms with Gasteiger partial charge < -0.3 is 9.32 Å². The first kappa shape index (κ1) is 39.0. The van der Waals surface area contributed by atoms with E-state index in [9.17, 15) is 0 Å². The quantitative estimate of drug-likeness (QED) is 0.151. The number of nitrogens with zero attached hydrogens (tertiary/aromatic N) is 1. The first-order valence-corrected chi connectivity index (χ1v) is 23.3. The number of furan rings is 1. The summed E-state index contributed by atoms with van der Waals surface area (Å²) in [4.78, 5) is 2.63. The second-order valence-corrected chi connectivity index (χ2v) is 17.9. The SMILES string of the molecule is C1=CC(c2cccc3c2oc2ccccc23)C(N(c2ccc3c(c2)C(c2ccccc2)(c2ccccc2)c2ccccc2-3)c2cc(-c3cccc4ccccc34)ccc2-c2ccccc2)C=C1. The molecule has 2 heteroatoms. The van der Waals surface area contributed by atoms with Gasteiger partial charge in [-0.1, -0.05) is 237 Å². The normalized spacial score (nSPS) is 15.8. The third-order valence-electron chi connectivity index (χ3n) is 14.4. The molecule has 1 aromatic heterocycles. The molecule has 0 aliphatic heterocycles. The summed E-state index contributed by atoms with van der Waals surface area (Å²) in [5.74, 6) is -0.0717. The van der Waals surface area contributed by atoms with Crippen molar-refractivity contribution in [2.24, 2.45) is 0 Å². The maximum atomic E-state index is 6.83. The Kier molecular flexibility index (Phi) is 9.25. The highest BCUT2D eigenvalue weighted by Gasteiger charge is 2.46. The monoisotopic (exact) mass is 855 g/mol. The lowest BCUT2D eigenvalue weighted by molar-refractivity contribution is 0.640. The maximum Gasteiger partial charge on any atom is 0.139 e. The predicted molar refractivity (Wildman–Crippen MR) is 279 cm³/mol. The van der Waals surface area contributed by atoms with Crippen molar-refractivity contribution in [2.75, 3.05) is 4.90 Å². The van der Waals surface area contributed by atoms with E-state index in [-0.39, 0.29) is 12.0 Å². The zero-order chi connectivity index (χ0) is 44.3. The van der Waals surface area contributed by atoms with E-state index < -0.39 is 5.41 Å². The molecule has 0 amide bonds. The van der Waals surface area contributed by atoms with Crippen LogP contribution >= 0.6 is 0 Å². The van der Waals surface area contributed by atoms with Crippen LogP contribution in [0.3, 0.4) is 0 Å². The number of allylic oxidation sites excluding steroid dienone is 2. The smallest absolute Gasteiger partial charge is 0.139 e. The van der Waals surface area contributed by atoms with E-state index in [2.05, 4.69) is 266 Å². The van der Waals surface area contributed by atoms with Crippen molar-refractivity contribution >= 4 is 44.1 Å². The number of anilines is 2. The summed E-state index contributed by atoms with van der Waals surface area (Å²) >= 11 is 0. The largest absolute Gasteiger partial charge is 0.456 e. The Morgan fingerprint density at radius 3 is 1.84 bits per heavy atom. The molecule has 316 valence electrons. The Morgan fingerprint density at radius 2 is 1.01 bits per heavy atom. The predicted octanol–water partition coefficient (Wildman–Crippen LogP) is 16.9. The molecule has 0 radical (unpaired) electrons. The number of hydrogen-bond acceptors (Lipinski definition) is 2. The highest BCUT2D eigenvalue weighted by Crippen LogP contribution is 2.57. The second kappa shape index (κ2) is 15.9. The van der Waals surface area contributed by atoms with Gasteiger partial charge in [0.15, 0.2) is 0 Å². The molecule has 13 rings (SSSR count). The zero-order valence-electron chi connectivity index (χ0n) is 36.8. The highest BCUT2D eigenvalue weighted by molar-refractivity contribution is 6.06. The average molecular weight is 856 g/mol. The Bertz CT molecular complexity index is 3670. The van der Waals surface area contributed by atoms with E-state index in [4.69, 9.17) is 4.42 Å². The number of para-hydroxylation sites is 2. The Balaban J connectivity index is 1.11. The fourth-order valence-corrected chi connectivity index (χ4v) is 11.5. The van der Waals surface area contributed by atoms with Crippen LogP contribution in [-0.2, 0) is 5.41 Å². The van der Waals surface area contributed by atoms with E-state index >= 15 is 0 Å². The lowest BCUT2D eigenvalue weighted by atomic mass is 9.67. The molecule has 0 spiro atoms. The van der Waals surface area contributed by atoms with Gasteiger partial charge in [0.25, 0.3) is 0 Å². The van der Waals surface area contributed by atoms with Gasteiger partial charge in [-0.2, -0.15) is 0 Å². The topological polar surface area (TPSA) is 16.4 Å². The Hall–Kier alpha value is -8.46. The molecule has 2 aliphatic carbocycles. The van der Waals surface area contributed by atoms with E-state index in [1.54, 1.807) is 0 Å². The molecule has 0 saturated carbocycles. The lowest BCUT2D eigenvalue weighted by Gasteiger charge is -2.40. The molecular formula is C65H45NO. The zero-order valence-corrected chi connectivity index (χ0v) is 36.8. The van der Waals surface area contributed by atoms with Gasteiger partial charge in [-0.25, -0.2) is 0 Å². The first-order chi connectivity index (χ1) is 33.3. The molecule has 0 bridgehead atoms. The summed E-state index contributed by atoms with van der Waals surface area (Å²) in [7, 11) is 0. The van der Waals surface area contributed by atoms with Crippen LogP contribution in [-0.4, -0.2) is 6.04 Å². The third-order valence-corrected chi connectivity index (χ3v) is 14.4. The lowest BCUT2D eigenvalue weighted by Crippen LogP contribution is -2.36. The van der Waals surface area contributed by atoms with E-state index in [0.717, 1.165) is 50.0 Å². The second-order valence-electron chi connectivity index (χ2n) is 17.9. The van der Waals surface area contributed by atoms with Crippen molar-refractivity contribution in [1.29, 1.82) is 0 Å². The summed E-state index contributed by atoms with van der Waals surface area (Å²) in [6.07, 6.45) is 9.21. The van der Waals surface area contributed by atoms with Crippen molar-refractivity contribution in [3.8, 4) is 33.4 Å². The fraction of sp³-hybridized carbons (Fsp3) is 0.0462. The van der Waals surface area contributed by atoms with E-state index in [1.165, 1.54) is 55.3 Å². The van der Waals surface area contributed by atoms with Crippen LogP contribution in [0.2, 0.25) is 0 Å². The molecule has 2 nitrogen and oxygen atoms in total. The minimum Gasteiger partial charge on any atom is -0.456 e. The van der Waals surface area contributed by atoms with Crippen LogP contribution in [0.25, 0.3) is 66.1 Å². The molecule has 1 heterocycles. The van der Waals surface area contributed by atoms with Gasteiger partial charge in [-0.05, 0) is 85.1 Å². The van der Waals surface area contributed by atoms with Crippen LogP contribution in [0.15, 0.2) is 265 Å². The molecular weight excluding hydrogens is 811 g/mol. The van der Waals surface area contributed by atoms with Gasteiger partial charge in [0.2, 0.25) is 0 Å². The molecule has 67 heavy (non-hydrogen) atoms. The minimum atomic E-state index is -0.565. The number of hydrogen-bond donors (Lipinski definition) is 0. The summed E-state index contributed by atoms with van der Waals surface area (Å²) in [5.41, 5.74) is 16.9. The maximum absolute atomic E-state index is 6.83. The third kappa shape index (κ3) is 6.18. The molecule has 11 aromatic rings. The molecule has 0 fully saturated rings. The minimum absolute atomic E-state index is 0.0717. The summed E-state index contributed by atoms with van der Waals surface area (Å²) in [6, 6.07) is 86.8. The van der Waals surface area contributed by atoms with Crippen LogP contribution in [0.1, 0.15) is 33.7 Å².